The molecule has 0 aromatic rings. The van der Waals surface area contributed by atoms with Crippen molar-refractivity contribution in [3.05, 3.63) is 0 Å². The van der Waals surface area contributed by atoms with Crippen LogP contribution in [0.4, 0.5) is 0 Å². The summed E-state index contributed by atoms with van der Waals surface area (Å²) in [6.45, 7) is 3.79. The van der Waals surface area contributed by atoms with Crippen molar-refractivity contribution >= 4 is 5.97 Å². The van der Waals surface area contributed by atoms with Gasteiger partial charge in [-0.2, -0.15) is 0 Å². The highest BCUT2D eigenvalue weighted by Gasteiger charge is 2.25. The molecule has 1 rings (SSSR count). The Hall–Kier alpha value is -0.570. The fraction of sp³-hybridized carbons (Fsp3) is 0.889. The standard InChI is InChI=1S/C9H17NO2/c1-3-12-9(11)8-6-7(2)4-5-10-8/h7-8,10H,3-6H2,1-2H3/i3D. The van der Waals surface area contributed by atoms with Gasteiger partial charge in [-0.1, -0.05) is 6.92 Å². The first-order chi connectivity index (χ1) is 6.09. The van der Waals surface area contributed by atoms with Gasteiger partial charge in [-0.15, -0.1) is 0 Å². The van der Waals surface area contributed by atoms with Crippen molar-refractivity contribution in [1.82, 2.24) is 5.32 Å². The fourth-order valence-corrected chi connectivity index (χ4v) is 1.49. The average Bonchev–Trinajstić information content (AvgIpc) is 2.03. The second kappa shape index (κ2) is 4.45. The molecule has 1 N–H and O–H groups in total. The summed E-state index contributed by atoms with van der Waals surface area (Å²) in [7, 11) is 0. The topological polar surface area (TPSA) is 38.3 Å². The molecule has 3 atom stereocenters. The van der Waals surface area contributed by atoms with Crippen LogP contribution < -0.4 is 5.32 Å². The first-order valence-corrected chi connectivity index (χ1v) is 4.45. The zero-order valence-electron chi connectivity index (χ0n) is 8.67. The molecule has 0 bridgehead atoms. The molecule has 12 heavy (non-hydrogen) atoms. The molecule has 1 aliphatic rings. The number of hydrogen-bond acceptors (Lipinski definition) is 3. The summed E-state index contributed by atoms with van der Waals surface area (Å²) in [6, 6.07) is -0.198. The van der Waals surface area contributed by atoms with E-state index in [0.29, 0.717) is 5.92 Å². The number of piperidine rings is 1. The molecular weight excluding hydrogens is 154 g/mol. The Balaban J connectivity index is 2.37. The zero-order chi connectivity index (χ0) is 9.84. The van der Waals surface area contributed by atoms with Crippen LogP contribution in [0.5, 0.6) is 0 Å². The lowest BCUT2D eigenvalue weighted by Gasteiger charge is -2.26. The predicted molar refractivity (Wildman–Crippen MR) is 46.8 cm³/mol. The Morgan fingerprint density at radius 3 is 3.17 bits per heavy atom. The number of carbonyl (C=O) groups is 1. The van der Waals surface area contributed by atoms with E-state index >= 15 is 0 Å². The minimum atomic E-state index is -0.758. The van der Waals surface area contributed by atoms with E-state index in [1.165, 1.54) is 0 Å². The highest BCUT2D eigenvalue weighted by Crippen LogP contribution is 2.15. The second-order valence-corrected chi connectivity index (χ2v) is 3.31. The van der Waals surface area contributed by atoms with Crippen molar-refractivity contribution in [3.8, 4) is 0 Å². The normalized spacial score (nSPS) is 33.7. The third-order valence-electron chi connectivity index (χ3n) is 2.18. The van der Waals surface area contributed by atoms with E-state index in [1.807, 2.05) is 0 Å². The lowest BCUT2D eigenvalue weighted by atomic mass is 9.94. The van der Waals surface area contributed by atoms with Crippen LogP contribution in [0.3, 0.4) is 0 Å². The highest BCUT2D eigenvalue weighted by atomic mass is 16.5. The number of hydrogen-bond donors (Lipinski definition) is 1. The Bertz CT molecular complexity index is 184. The van der Waals surface area contributed by atoms with Gasteiger partial charge in [0.05, 0.1) is 7.95 Å². The minimum absolute atomic E-state index is 0.198. The van der Waals surface area contributed by atoms with Crippen molar-refractivity contribution in [2.24, 2.45) is 5.92 Å². The molecule has 0 aromatic carbocycles. The quantitative estimate of drug-likeness (QED) is 0.630. The van der Waals surface area contributed by atoms with Crippen LogP contribution in [0.1, 0.15) is 28.1 Å². The largest absolute Gasteiger partial charge is 0.465 e. The molecule has 0 amide bonds. The van der Waals surface area contributed by atoms with Crippen LogP contribution >= 0.6 is 0 Å². The van der Waals surface area contributed by atoms with E-state index in [-0.39, 0.29) is 12.0 Å². The lowest BCUT2D eigenvalue weighted by Crippen LogP contribution is -2.43. The molecule has 1 fully saturated rings. The molecule has 0 radical (unpaired) electrons. The Morgan fingerprint density at radius 2 is 2.58 bits per heavy atom. The number of esters is 1. The Kier molecular flexibility index (Phi) is 2.99. The van der Waals surface area contributed by atoms with Gasteiger partial charge in [-0.05, 0) is 32.2 Å². The molecule has 1 saturated heterocycles. The van der Waals surface area contributed by atoms with E-state index in [2.05, 4.69) is 12.2 Å². The van der Waals surface area contributed by atoms with Crippen LogP contribution in [0.25, 0.3) is 0 Å². The van der Waals surface area contributed by atoms with Crippen LogP contribution in [0, 0.1) is 5.92 Å². The van der Waals surface area contributed by atoms with Gasteiger partial charge in [-0.25, -0.2) is 0 Å². The van der Waals surface area contributed by atoms with E-state index < -0.39 is 6.58 Å². The molecular formula is C9H17NO2. The van der Waals surface area contributed by atoms with Gasteiger partial charge in [-0.3, -0.25) is 4.79 Å². The Labute approximate surface area is 74.9 Å². The number of ether oxygens (including phenoxy) is 1. The lowest BCUT2D eigenvalue weighted by molar-refractivity contribution is -0.146. The van der Waals surface area contributed by atoms with Gasteiger partial charge in [0.1, 0.15) is 6.04 Å². The molecule has 1 heterocycles. The first kappa shape index (κ1) is 8.05. The number of rotatable bonds is 2. The van der Waals surface area contributed by atoms with Crippen molar-refractivity contribution in [2.45, 2.75) is 32.7 Å². The summed E-state index contributed by atoms with van der Waals surface area (Å²) >= 11 is 0. The minimum Gasteiger partial charge on any atom is -0.465 e. The highest BCUT2D eigenvalue weighted by molar-refractivity contribution is 5.75. The van der Waals surface area contributed by atoms with Crippen molar-refractivity contribution in [2.75, 3.05) is 13.1 Å². The molecule has 0 spiro atoms. The van der Waals surface area contributed by atoms with Crippen LogP contribution in [0.15, 0.2) is 0 Å². The molecule has 0 saturated carbocycles. The third-order valence-corrected chi connectivity index (χ3v) is 2.18. The van der Waals surface area contributed by atoms with Gasteiger partial charge < -0.3 is 10.1 Å². The Morgan fingerprint density at radius 1 is 1.83 bits per heavy atom. The van der Waals surface area contributed by atoms with Crippen LogP contribution in [-0.4, -0.2) is 25.1 Å². The van der Waals surface area contributed by atoms with Gasteiger partial charge in [0.15, 0.2) is 0 Å². The fourth-order valence-electron chi connectivity index (χ4n) is 1.49. The summed E-state index contributed by atoms with van der Waals surface area (Å²) < 4.78 is 11.9. The molecule has 70 valence electrons. The SMILES string of the molecule is [2H]C(C)OC(=O)C1CC(C)CCN1. The maximum atomic E-state index is 11.3. The maximum Gasteiger partial charge on any atom is 0.323 e. The monoisotopic (exact) mass is 172 g/mol. The molecule has 3 unspecified atom stereocenters. The zero-order valence-corrected chi connectivity index (χ0v) is 7.67. The van der Waals surface area contributed by atoms with Crippen molar-refractivity contribution in [1.29, 1.82) is 0 Å². The second-order valence-electron chi connectivity index (χ2n) is 3.31. The number of carbonyl (C=O) groups excluding carboxylic acids is 1. The molecule has 3 heteroatoms. The first-order valence-electron chi connectivity index (χ1n) is 5.03. The van der Waals surface area contributed by atoms with Crippen LogP contribution in [0.2, 0.25) is 0 Å². The van der Waals surface area contributed by atoms with Gasteiger partial charge in [0.2, 0.25) is 0 Å². The summed E-state index contributed by atoms with van der Waals surface area (Å²) in [5, 5.41) is 3.10. The smallest absolute Gasteiger partial charge is 0.323 e. The molecule has 0 aliphatic carbocycles. The number of nitrogens with one attached hydrogen (secondary N) is 1. The third kappa shape index (κ3) is 2.48. The maximum absolute atomic E-state index is 11.3. The predicted octanol–water partition coefficient (Wildman–Crippen LogP) is 0.938. The van der Waals surface area contributed by atoms with Crippen LogP contribution in [-0.2, 0) is 9.53 Å². The molecule has 1 aliphatic heterocycles. The van der Waals surface area contributed by atoms with E-state index in [0.717, 1.165) is 19.4 Å². The summed E-state index contributed by atoms with van der Waals surface area (Å²) in [4.78, 5) is 11.3. The van der Waals surface area contributed by atoms with E-state index in [1.54, 1.807) is 6.92 Å². The summed E-state index contributed by atoms with van der Waals surface area (Å²) in [5.74, 6) is 0.286. The van der Waals surface area contributed by atoms with E-state index in [4.69, 9.17) is 6.11 Å². The van der Waals surface area contributed by atoms with E-state index in [9.17, 15) is 4.79 Å². The van der Waals surface area contributed by atoms with Gasteiger partial charge in [0, 0.05) is 0 Å². The van der Waals surface area contributed by atoms with Crippen molar-refractivity contribution in [3.63, 3.8) is 0 Å². The summed E-state index contributed by atoms with van der Waals surface area (Å²) in [6.07, 6.45) is 1.94. The average molecular weight is 172 g/mol. The van der Waals surface area contributed by atoms with Gasteiger partial charge in [0.25, 0.3) is 0 Å². The molecule has 0 aromatic heterocycles. The molecule has 3 nitrogen and oxygen atoms in total. The summed E-state index contributed by atoms with van der Waals surface area (Å²) in [5.41, 5.74) is 0. The van der Waals surface area contributed by atoms with Crippen molar-refractivity contribution < 1.29 is 10.9 Å². The van der Waals surface area contributed by atoms with Gasteiger partial charge >= 0.3 is 5.97 Å².